The molecule has 1 aliphatic heterocycles. The van der Waals surface area contributed by atoms with Crippen LogP contribution in [0, 0.1) is 11.8 Å². The number of likely N-dealkylation sites (tertiary alicyclic amines) is 1. The van der Waals surface area contributed by atoms with Gasteiger partial charge in [-0.25, -0.2) is 4.39 Å². The van der Waals surface area contributed by atoms with Crippen LogP contribution < -0.4 is 4.74 Å². The number of carboxylic acids is 1. The lowest BCUT2D eigenvalue weighted by molar-refractivity contribution is -0.137. The molecule has 1 fully saturated rings. The smallest absolute Gasteiger partial charge is 0.303 e. The minimum Gasteiger partial charge on any atom is -0.497 e. The summed E-state index contributed by atoms with van der Waals surface area (Å²) in [4.78, 5) is 18.1. The number of pyridine rings is 1. The summed E-state index contributed by atoms with van der Waals surface area (Å²) in [5, 5.41) is 14.4. The van der Waals surface area contributed by atoms with Gasteiger partial charge in [-0.1, -0.05) is 0 Å². The van der Waals surface area contributed by atoms with Crippen molar-refractivity contribution in [3.05, 3.63) is 58.4 Å². The Kier molecular flexibility index (Phi) is 9.10. The van der Waals surface area contributed by atoms with Gasteiger partial charge >= 0.3 is 5.97 Å². The number of fused-ring (bicyclic) bond motifs is 1. The van der Waals surface area contributed by atoms with Crippen molar-refractivity contribution in [3.8, 4) is 5.75 Å². The van der Waals surface area contributed by atoms with Crippen LogP contribution in [0.3, 0.4) is 0 Å². The number of hydrogen-bond acceptors (Lipinski definition) is 5. The molecule has 3 aromatic rings. The molecule has 1 aromatic carbocycles. The van der Waals surface area contributed by atoms with E-state index < -0.39 is 12.1 Å². The van der Waals surface area contributed by atoms with E-state index in [1.165, 1.54) is 5.56 Å². The number of thiophene rings is 1. The fourth-order valence-corrected chi connectivity index (χ4v) is 6.08. The van der Waals surface area contributed by atoms with Crippen LogP contribution in [0.5, 0.6) is 5.75 Å². The number of carboxylic acid groups (broad SMARTS) is 1. The maximum absolute atomic E-state index is 15.5. The molecule has 7 heteroatoms. The van der Waals surface area contributed by atoms with E-state index >= 15 is 4.39 Å². The summed E-state index contributed by atoms with van der Waals surface area (Å²) in [6.45, 7) is 2.95. The third-order valence-electron chi connectivity index (χ3n) is 7.34. The normalized spacial score (nSPS) is 19.6. The maximum Gasteiger partial charge on any atom is 0.303 e. The monoisotopic (exact) mass is 498 g/mol. The molecule has 5 nitrogen and oxygen atoms in total. The maximum atomic E-state index is 15.5. The molecule has 0 saturated carbocycles. The number of benzene rings is 1. The minimum absolute atomic E-state index is 0.178. The lowest BCUT2D eigenvalue weighted by atomic mass is 9.79. The number of alkyl halides is 1. The Morgan fingerprint density at radius 3 is 2.94 bits per heavy atom. The molecule has 0 aliphatic carbocycles. The molecule has 1 saturated heterocycles. The van der Waals surface area contributed by atoms with Crippen molar-refractivity contribution < 1.29 is 19.0 Å². The molecule has 4 rings (SSSR count). The zero-order valence-corrected chi connectivity index (χ0v) is 21.2. The summed E-state index contributed by atoms with van der Waals surface area (Å²) < 4.78 is 20.8. The number of nitrogens with zero attached hydrogens (tertiary/aromatic N) is 2. The van der Waals surface area contributed by atoms with Gasteiger partial charge in [-0.3, -0.25) is 9.78 Å². The Balaban J connectivity index is 1.36. The summed E-state index contributed by atoms with van der Waals surface area (Å²) in [5.41, 5.74) is 2.81. The van der Waals surface area contributed by atoms with Crippen molar-refractivity contribution in [2.75, 3.05) is 26.7 Å². The van der Waals surface area contributed by atoms with E-state index in [4.69, 9.17) is 4.74 Å². The van der Waals surface area contributed by atoms with Crippen molar-refractivity contribution in [1.82, 2.24) is 9.88 Å². The van der Waals surface area contributed by atoms with E-state index in [1.807, 2.05) is 18.2 Å². The Labute approximate surface area is 210 Å². The fourth-order valence-electron chi connectivity index (χ4n) is 5.38. The number of piperidine rings is 1. The van der Waals surface area contributed by atoms with Gasteiger partial charge in [-0.05, 0) is 116 Å². The Morgan fingerprint density at radius 1 is 1.29 bits per heavy atom. The van der Waals surface area contributed by atoms with Crippen LogP contribution in [-0.4, -0.2) is 47.7 Å². The Hall–Kier alpha value is -2.51. The highest BCUT2D eigenvalue weighted by atomic mass is 32.1. The number of halogens is 1. The van der Waals surface area contributed by atoms with Crippen molar-refractivity contribution >= 4 is 28.2 Å². The molecule has 0 spiro atoms. The van der Waals surface area contributed by atoms with Gasteiger partial charge in [0.15, 0.2) is 0 Å². The van der Waals surface area contributed by atoms with Gasteiger partial charge in [-0.2, -0.15) is 11.3 Å². The van der Waals surface area contributed by atoms with Gasteiger partial charge in [0.05, 0.1) is 12.6 Å². The van der Waals surface area contributed by atoms with Gasteiger partial charge in [-0.15, -0.1) is 0 Å². The Bertz CT molecular complexity index is 1090. The van der Waals surface area contributed by atoms with Crippen molar-refractivity contribution in [3.63, 3.8) is 0 Å². The van der Waals surface area contributed by atoms with Crippen LogP contribution in [0.1, 0.15) is 55.8 Å². The first-order chi connectivity index (χ1) is 17.0. The highest BCUT2D eigenvalue weighted by molar-refractivity contribution is 7.07. The number of rotatable bonds is 12. The van der Waals surface area contributed by atoms with Crippen molar-refractivity contribution in [1.29, 1.82) is 0 Å². The van der Waals surface area contributed by atoms with E-state index in [1.54, 1.807) is 30.7 Å². The van der Waals surface area contributed by atoms with Gasteiger partial charge in [0, 0.05) is 24.5 Å². The largest absolute Gasteiger partial charge is 0.497 e. The van der Waals surface area contributed by atoms with E-state index in [2.05, 4.69) is 26.7 Å². The summed E-state index contributed by atoms with van der Waals surface area (Å²) in [5.74, 6) is 0.587. The first-order valence-corrected chi connectivity index (χ1v) is 13.5. The van der Waals surface area contributed by atoms with Crippen LogP contribution in [0.25, 0.3) is 10.9 Å². The second kappa shape index (κ2) is 12.5. The van der Waals surface area contributed by atoms with Crippen LogP contribution in [-0.2, 0) is 11.2 Å². The molecule has 188 valence electrons. The summed E-state index contributed by atoms with van der Waals surface area (Å²) in [6, 6.07) is 9.51. The molecule has 0 amide bonds. The molecule has 35 heavy (non-hydrogen) atoms. The molecule has 3 atom stereocenters. The highest BCUT2D eigenvalue weighted by Crippen LogP contribution is 2.36. The molecule has 1 N–H and O–H groups in total. The van der Waals surface area contributed by atoms with E-state index in [0.29, 0.717) is 36.0 Å². The molecule has 0 radical (unpaired) electrons. The Morgan fingerprint density at radius 2 is 2.17 bits per heavy atom. The van der Waals surface area contributed by atoms with Crippen molar-refractivity contribution in [2.45, 2.75) is 51.1 Å². The van der Waals surface area contributed by atoms with Crippen LogP contribution in [0.15, 0.2) is 47.3 Å². The zero-order chi connectivity index (χ0) is 24.6. The lowest BCUT2D eigenvalue weighted by Crippen LogP contribution is -2.41. The first kappa shape index (κ1) is 25.6. The molecule has 0 bridgehead atoms. The van der Waals surface area contributed by atoms with Gasteiger partial charge in [0.2, 0.25) is 0 Å². The number of aryl methyl sites for hydroxylation is 1. The quantitative estimate of drug-likeness (QED) is 0.308. The van der Waals surface area contributed by atoms with Crippen LogP contribution >= 0.6 is 11.3 Å². The molecule has 0 unspecified atom stereocenters. The average Bonchev–Trinajstić information content (AvgIpc) is 3.39. The number of ether oxygens (including phenoxy) is 1. The SMILES string of the molecule is COc1ccc2nccc([C@H](F)CC[C@@H]3CCN(CCCc4ccsc4)C[C@H]3CCC(=O)O)c2c1. The van der Waals surface area contributed by atoms with E-state index in [-0.39, 0.29) is 6.42 Å². The third kappa shape index (κ3) is 7.01. The number of methoxy groups -OCH3 is 1. The van der Waals surface area contributed by atoms with Crippen LogP contribution in [0.4, 0.5) is 4.39 Å². The molecule has 3 heterocycles. The molecule has 2 aromatic heterocycles. The number of aliphatic carboxylic acids is 1. The molecule has 1 aliphatic rings. The lowest BCUT2D eigenvalue weighted by Gasteiger charge is -2.39. The fraction of sp³-hybridized carbons (Fsp3) is 0.500. The molecular weight excluding hydrogens is 463 g/mol. The summed E-state index contributed by atoms with van der Waals surface area (Å²) >= 11 is 1.73. The number of hydrogen-bond donors (Lipinski definition) is 1. The first-order valence-electron chi connectivity index (χ1n) is 12.6. The van der Waals surface area contributed by atoms with Crippen molar-refractivity contribution in [2.24, 2.45) is 11.8 Å². The predicted molar refractivity (Wildman–Crippen MR) is 139 cm³/mol. The highest BCUT2D eigenvalue weighted by Gasteiger charge is 2.30. The van der Waals surface area contributed by atoms with Gasteiger partial charge in [0.1, 0.15) is 11.9 Å². The number of carbonyl (C=O) groups is 1. The second-order valence-corrected chi connectivity index (χ2v) is 10.4. The summed E-state index contributed by atoms with van der Waals surface area (Å²) in [7, 11) is 1.61. The minimum atomic E-state index is -1.09. The second-order valence-electron chi connectivity index (χ2n) is 9.61. The van der Waals surface area contributed by atoms with Gasteiger partial charge < -0.3 is 14.7 Å². The zero-order valence-electron chi connectivity index (χ0n) is 20.4. The van der Waals surface area contributed by atoms with E-state index in [0.717, 1.165) is 56.2 Å². The molecular formula is C28H35FN2O3S. The van der Waals surface area contributed by atoms with Gasteiger partial charge in [0.25, 0.3) is 0 Å². The third-order valence-corrected chi connectivity index (χ3v) is 8.07. The predicted octanol–water partition coefficient (Wildman–Crippen LogP) is 6.53. The summed E-state index contributed by atoms with van der Waals surface area (Å²) in [6.07, 6.45) is 5.81. The topological polar surface area (TPSA) is 62.7 Å². The average molecular weight is 499 g/mol. The standard InChI is InChI=1S/C28H35FN2O3S/c1-34-23-6-8-27-25(17-23)24(10-13-30-27)26(29)7-4-21-11-15-31(18-22(21)5-9-28(32)33)14-2-3-20-12-16-35-19-20/h6,8,10,12-13,16-17,19,21-22,26H,2-5,7,9,11,14-15,18H2,1H3,(H,32,33)/t21-,22-,26-/m1/s1. The number of aromatic nitrogens is 1. The van der Waals surface area contributed by atoms with Crippen LogP contribution in [0.2, 0.25) is 0 Å². The van der Waals surface area contributed by atoms with E-state index in [9.17, 15) is 9.90 Å².